The summed E-state index contributed by atoms with van der Waals surface area (Å²) in [5, 5.41) is 0.802. The molecule has 2 nitrogen and oxygen atoms in total. The summed E-state index contributed by atoms with van der Waals surface area (Å²) in [6.07, 6.45) is 1.27. The predicted octanol–water partition coefficient (Wildman–Crippen LogP) is 3.78. The van der Waals surface area contributed by atoms with Gasteiger partial charge in [0.25, 0.3) is 0 Å². The summed E-state index contributed by atoms with van der Waals surface area (Å²) < 4.78 is 4.86. The first kappa shape index (κ1) is 11.6. The molecule has 0 unspecified atom stereocenters. The normalized spacial score (nSPS) is 10.0. The molecule has 75 valence electrons. The van der Waals surface area contributed by atoms with Gasteiger partial charge in [0, 0.05) is 5.02 Å². The fraction of sp³-hybridized carbons (Fsp3) is 0.111. The van der Waals surface area contributed by atoms with Gasteiger partial charge < -0.3 is 4.74 Å². The molecule has 0 aliphatic rings. The van der Waals surface area contributed by atoms with Crippen molar-refractivity contribution in [3.05, 3.63) is 33.6 Å². The van der Waals surface area contributed by atoms with E-state index in [1.807, 2.05) is 0 Å². The first-order valence-electron chi connectivity index (χ1n) is 3.70. The molecule has 0 spiro atoms. The number of carbonyl (C=O) groups is 1. The molecule has 5 heteroatoms. The van der Waals surface area contributed by atoms with Crippen LogP contribution in [0.2, 0.25) is 15.1 Å². The third kappa shape index (κ3) is 2.77. The highest BCUT2D eigenvalue weighted by Gasteiger charge is 2.12. The Labute approximate surface area is 96.7 Å². The van der Waals surface area contributed by atoms with Gasteiger partial charge in [-0.25, -0.2) is 0 Å². The van der Waals surface area contributed by atoms with Gasteiger partial charge in [0.05, 0.1) is 16.5 Å². The number of carbonyl (C=O) groups excluding carboxylic acids is 1. The number of ether oxygens (including phenoxy) is 1. The van der Waals surface area contributed by atoms with Crippen molar-refractivity contribution in [3.63, 3.8) is 0 Å². The van der Waals surface area contributed by atoms with Crippen molar-refractivity contribution >= 4 is 40.8 Å². The van der Waals surface area contributed by atoms with Gasteiger partial charge in [-0.05, 0) is 12.1 Å². The molecular formula is C9H6Cl3O2. The van der Waals surface area contributed by atoms with Crippen LogP contribution in [0, 0.1) is 6.42 Å². The van der Waals surface area contributed by atoms with E-state index in [0.717, 1.165) is 0 Å². The summed E-state index contributed by atoms with van der Waals surface area (Å²) >= 11 is 17.2. The Morgan fingerprint density at radius 3 is 2.21 bits per heavy atom. The van der Waals surface area contributed by atoms with Crippen LogP contribution in [0.25, 0.3) is 0 Å². The molecule has 0 heterocycles. The molecule has 14 heavy (non-hydrogen) atoms. The SMILES string of the molecule is C[CH]C(=O)Oc1c(Cl)cc(Cl)cc1Cl. The highest BCUT2D eigenvalue weighted by atomic mass is 35.5. The Hall–Kier alpha value is -0.440. The van der Waals surface area contributed by atoms with Crippen molar-refractivity contribution in [1.82, 2.24) is 0 Å². The minimum atomic E-state index is -0.517. The maximum absolute atomic E-state index is 10.9. The smallest absolute Gasteiger partial charge is 0.315 e. The van der Waals surface area contributed by atoms with Crippen LogP contribution >= 0.6 is 34.8 Å². The minimum Gasteiger partial charge on any atom is -0.423 e. The highest BCUT2D eigenvalue weighted by molar-refractivity contribution is 6.40. The summed E-state index contributed by atoms with van der Waals surface area (Å²) in [6, 6.07) is 2.90. The Morgan fingerprint density at radius 2 is 1.79 bits per heavy atom. The molecule has 1 radical (unpaired) electrons. The molecule has 1 rings (SSSR count). The third-order valence-corrected chi connectivity index (χ3v) is 2.18. The largest absolute Gasteiger partial charge is 0.423 e. The van der Waals surface area contributed by atoms with Crippen LogP contribution in [-0.4, -0.2) is 5.97 Å². The van der Waals surface area contributed by atoms with Crippen molar-refractivity contribution in [2.75, 3.05) is 0 Å². The van der Waals surface area contributed by atoms with Crippen molar-refractivity contribution in [3.8, 4) is 5.75 Å². The Balaban J connectivity index is 3.02. The van der Waals surface area contributed by atoms with E-state index in [1.165, 1.54) is 18.6 Å². The monoisotopic (exact) mass is 251 g/mol. The second kappa shape index (κ2) is 4.87. The number of benzene rings is 1. The third-order valence-electron chi connectivity index (χ3n) is 1.40. The molecule has 0 N–H and O–H groups in total. The lowest BCUT2D eigenvalue weighted by Crippen LogP contribution is -2.06. The second-order valence-electron chi connectivity index (χ2n) is 2.41. The molecule has 0 aromatic heterocycles. The van der Waals surface area contributed by atoms with Gasteiger partial charge in [-0.1, -0.05) is 41.7 Å². The number of halogens is 3. The van der Waals surface area contributed by atoms with Crippen molar-refractivity contribution in [2.45, 2.75) is 6.92 Å². The van der Waals surface area contributed by atoms with E-state index >= 15 is 0 Å². The van der Waals surface area contributed by atoms with Crippen LogP contribution in [0.15, 0.2) is 12.1 Å². The molecule has 0 bridgehead atoms. The molecule has 0 saturated heterocycles. The molecule has 0 aliphatic heterocycles. The molecule has 1 aromatic carbocycles. The maximum atomic E-state index is 10.9. The summed E-state index contributed by atoms with van der Waals surface area (Å²) in [4.78, 5) is 10.9. The zero-order chi connectivity index (χ0) is 10.7. The first-order chi connectivity index (χ1) is 6.54. The molecule has 0 aliphatic carbocycles. The van der Waals surface area contributed by atoms with E-state index in [-0.39, 0.29) is 15.8 Å². The van der Waals surface area contributed by atoms with Crippen LogP contribution in [0.4, 0.5) is 0 Å². The van der Waals surface area contributed by atoms with Crippen molar-refractivity contribution < 1.29 is 9.53 Å². The summed E-state index contributed by atoms with van der Waals surface area (Å²) in [7, 11) is 0. The standard InChI is InChI=1S/C9H6Cl3O2/c1-2-8(13)14-9-6(11)3-5(10)4-7(9)12/h2-4H,1H3. The fourth-order valence-electron chi connectivity index (χ4n) is 0.786. The van der Waals surface area contributed by atoms with E-state index in [9.17, 15) is 4.79 Å². The second-order valence-corrected chi connectivity index (χ2v) is 3.66. The van der Waals surface area contributed by atoms with Gasteiger partial charge >= 0.3 is 5.97 Å². The predicted molar refractivity (Wildman–Crippen MR) is 57.1 cm³/mol. The lowest BCUT2D eigenvalue weighted by molar-refractivity contribution is -0.130. The van der Waals surface area contributed by atoms with E-state index in [1.54, 1.807) is 6.92 Å². The Kier molecular flexibility index (Phi) is 4.05. The average Bonchev–Trinajstić information content (AvgIpc) is 2.10. The van der Waals surface area contributed by atoms with Crippen LogP contribution in [0.1, 0.15) is 6.92 Å². The summed E-state index contributed by atoms with van der Waals surface area (Å²) in [6.45, 7) is 1.56. The lowest BCUT2D eigenvalue weighted by Gasteiger charge is -2.07. The quantitative estimate of drug-likeness (QED) is 0.591. The zero-order valence-electron chi connectivity index (χ0n) is 7.18. The molecule has 0 saturated carbocycles. The van der Waals surface area contributed by atoms with Crippen molar-refractivity contribution in [1.29, 1.82) is 0 Å². The van der Waals surface area contributed by atoms with Crippen molar-refractivity contribution in [2.24, 2.45) is 0 Å². The van der Waals surface area contributed by atoms with Gasteiger partial charge in [-0.2, -0.15) is 0 Å². The number of hydrogen-bond donors (Lipinski definition) is 0. The van der Waals surface area contributed by atoms with Gasteiger partial charge in [0.1, 0.15) is 0 Å². The average molecular weight is 253 g/mol. The summed E-state index contributed by atoms with van der Waals surface area (Å²) in [5.41, 5.74) is 0. The van der Waals surface area contributed by atoms with Gasteiger partial charge in [0.15, 0.2) is 5.75 Å². The van der Waals surface area contributed by atoms with Crippen LogP contribution in [0.3, 0.4) is 0 Å². The maximum Gasteiger partial charge on any atom is 0.315 e. The number of esters is 1. The number of hydrogen-bond acceptors (Lipinski definition) is 2. The van der Waals surface area contributed by atoms with Crippen LogP contribution in [0.5, 0.6) is 5.75 Å². The molecule has 0 amide bonds. The zero-order valence-corrected chi connectivity index (χ0v) is 9.45. The molecule has 0 fully saturated rings. The van der Waals surface area contributed by atoms with E-state index < -0.39 is 5.97 Å². The Bertz CT molecular complexity index is 340. The van der Waals surface area contributed by atoms with E-state index in [2.05, 4.69) is 0 Å². The minimum absolute atomic E-state index is 0.126. The van der Waals surface area contributed by atoms with Crippen LogP contribution < -0.4 is 4.74 Å². The van der Waals surface area contributed by atoms with Gasteiger partial charge in [-0.15, -0.1) is 0 Å². The molecular weight excluding hydrogens is 246 g/mol. The first-order valence-corrected chi connectivity index (χ1v) is 4.83. The topological polar surface area (TPSA) is 26.3 Å². The van der Waals surface area contributed by atoms with E-state index in [0.29, 0.717) is 5.02 Å². The number of rotatable bonds is 2. The van der Waals surface area contributed by atoms with Crippen LogP contribution in [-0.2, 0) is 4.79 Å². The highest BCUT2D eigenvalue weighted by Crippen LogP contribution is 2.35. The fourth-order valence-corrected chi connectivity index (χ4v) is 1.68. The lowest BCUT2D eigenvalue weighted by atomic mass is 10.3. The van der Waals surface area contributed by atoms with E-state index in [4.69, 9.17) is 39.5 Å². The molecule has 0 atom stereocenters. The summed E-state index contributed by atoms with van der Waals surface area (Å²) in [5.74, 6) is -0.392. The van der Waals surface area contributed by atoms with Gasteiger partial charge in [0.2, 0.25) is 0 Å². The van der Waals surface area contributed by atoms with Gasteiger partial charge in [-0.3, -0.25) is 4.79 Å². The Morgan fingerprint density at radius 1 is 1.29 bits per heavy atom. The molecule has 1 aromatic rings.